The topological polar surface area (TPSA) is 47.6 Å². The fourth-order valence-electron chi connectivity index (χ4n) is 1.33. The van der Waals surface area contributed by atoms with Crippen LogP contribution in [0.3, 0.4) is 0 Å². The number of hydroxylamine groups is 1. The Bertz CT molecular complexity index is 197. The van der Waals surface area contributed by atoms with Crippen LogP contribution in [0.4, 0.5) is 0 Å². The van der Waals surface area contributed by atoms with Gasteiger partial charge in [0.1, 0.15) is 5.70 Å². The van der Waals surface area contributed by atoms with E-state index in [4.69, 9.17) is 4.84 Å². The van der Waals surface area contributed by atoms with Gasteiger partial charge in [0.05, 0.1) is 13.2 Å². The van der Waals surface area contributed by atoms with Crippen molar-refractivity contribution in [3.63, 3.8) is 0 Å². The second kappa shape index (κ2) is 4.87. The van der Waals surface area contributed by atoms with Crippen LogP contribution in [-0.4, -0.2) is 19.2 Å². The molecule has 1 fully saturated rings. The average Bonchev–Trinajstić information content (AvgIpc) is 2.65. The number of hydrogen-bond acceptors (Lipinski definition) is 4. The minimum Gasteiger partial charge on any atom is -0.464 e. The van der Waals surface area contributed by atoms with Gasteiger partial charge in [-0.25, -0.2) is 4.79 Å². The summed E-state index contributed by atoms with van der Waals surface area (Å²) in [5.41, 5.74) is 2.65. The lowest BCUT2D eigenvalue weighted by Crippen LogP contribution is -2.25. The van der Waals surface area contributed by atoms with E-state index in [0.717, 1.165) is 12.8 Å². The standard InChI is InChI=1S/C9H15NO3/c1-7(9(11)12-2)10-13-8-5-3-4-6-8/h8,10H,1,3-6H2,2H3. The summed E-state index contributed by atoms with van der Waals surface area (Å²) in [5, 5.41) is 0. The Hall–Kier alpha value is -1.03. The van der Waals surface area contributed by atoms with Crippen LogP contribution in [0, 0.1) is 0 Å². The van der Waals surface area contributed by atoms with E-state index in [1.165, 1.54) is 20.0 Å². The molecule has 1 aliphatic carbocycles. The molecule has 0 atom stereocenters. The van der Waals surface area contributed by atoms with Gasteiger partial charge in [-0.1, -0.05) is 19.4 Å². The van der Waals surface area contributed by atoms with Gasteiger partial charge in [-0.3, -0.25) is 10.3 Å². The highest BCUT2D eigenvalue weighted by Gasteiger charge is 2.17. The molecule has 0 aromatic carbocycles. The number of esters is 1. The van der Waals surface area contributed by atoms with Crippen LogP contribution in [-0.2, 0) is 14.4 Å². The van der Waals surface area contributed by atoms with Gasteiger partial charge in [0.25, 0.3) is 0 Å². The molecule has 0 amide bonds. The third-order valence-corrected chi connectivity index (χ3v) is 2.08. The van der Waals surface area contributed by atoms with Crippen LogP contribution in [0.25, 0.3) is 0 Å². The number of nitrogens with one attached hydrogen (secondary N) is 1. The number of ether oxygens (including phenoxy) is 1. The quantitative estimate of drug-likeness (QED) is 0.405. The molecule has 0 bridgehead atoms. The highest BCUT2D eigenvalue weighted by atomic mass is 16.7. The lowest BCUT2D eigenvalue weighted by molar-refractivity contribution is -0.138. The molecule has 1 rings (SSSR count). The van der Waals surface area contributed by atoms with Crippen molar-refractivity contribution in [1.29, 1.82) is 0 Å². The predicted octanol–water partition coefficient (Wildman–Crippen LogP) is 1.14. The number of hydrogen-bond donors (Lipinski definition) is 1. The largest absolute Gasteiger partial charge is 0.464 e. The molecule has 4 nitrogen and oxygen atoms in total. The van der Waals surface area contributed by atoms with Crippen molar-refractivity contribution < 1.29 is 14.4 Å². The lowest BCUT2D eigenvalue weighted by atomic mass is 10.3. The summed E-state index contributed by atoms with van der Waals surface area (Å²) in [4.78, 5) is 16.1. The lowest BCUT2D eigenvalue weighted by Gasteiger charge is -2.12. The third-order valence-electron chi connectivity index (χ3n) is 2.08. The van der Waals surface area contributed by atoms with E-state index in [0.29, 0.717) is 0 Å². The van der Waals surface area contributed by atoms with Crippen molar-refractivity contribution in [2.45, 2.75) is 31.8 Å². The molecule has 1 aliphatic rings. The second-order valence-electron chi connectivity index (χ2n) is 3.10. The van der Waals surface area contributed by atoms with Crippen LogP contribution >= 0.6 is 0 Å². The molecule has 0 aromatic heterocycles. The van der Waals surface area contributed by atoms with E-state index in [1.54, 1.807) is 0 Å². The van der Waals surface area contributed by atoms with Crippen LogP contribution in [0.2, 0.25) is 0 Å². The molecule has 1 N–H and O–H groups in total. The molecule has 0 unspecified atom stereocenters. The van der Waals surface area contributed by atoms with Crippen molar-refractivity contribution in [1.82, 2.24) is 5.48 Å². The van der Waals surface area contributed by atoms with Crippen molar-refractivity contribution in [3.8, 4) is 0 Å². The molecule has 0 heterocycles. The fourth-order valence-corrected chi connectivity index (χ4v) is 1.33. The summed E-state index contributed by atoms with van der Waals surface area (Å²) in [6.07, 6.45) is 4.68. The van der Waals surface area contributed by atoms with E-state index < -0.39 is 5.97 Å². The maximum atomic E-state index is 10.9. The van der Waals surface area contributed by atoms with Crippen LogP contribution in [0.1, 0.15) is 25.7 Å². The fraction of sp³-hybridized carbons (Fsp3) is 0.667. The Morgan fingerprint density at radius 3 is 2.62 bits per heavy atom. The summed E-state index contributed by atoms with van der Waals surface area (Å²) >= 11 is 0. The van der Waals surface area contributed by atoms with Gasteiger partial charge in [-0.2, -0.15) is 0 Å². The summed E-state index contributed by atoms with van der Waals surface area (Å²) in [6.45, 7) is 3.48. The Morgan fingerprint density at radius 2 is 2.08 bits per heavy atom. The molecule has 4 heteroatoms. The maximum absolute atomic E-state index is 10.9. The molecule has 0 radical (unpaired) electrons. The van der Waals surface area contributed by atoms with Crippen molar-refractivity contribution >= 4 is 5.97 Å². The Kier molecular flexibility index (Phi) is 3.76. The van der Waals surface area contributed by atoms with E-state index >= 15 is 0 Å². The molecular formula is C9H15NO3. The van der Waals surface area contributed by atoms with E-state index in [-0.39, 0.29) is 11.8 Å². The number of carbonyl (C=O) groups is 1. The van der Waals surface area contributed by atoms with Gasteiger partial charge >= 0.3 is 5.97 Å². The SMILES string of the molecule is C=C(NOC1CCCC1)C(=O)OC. The van der Waals surface area contributed by atoms with Crippen LogP contribution in [0.15, 0.2) is 12.3 Å². The maximum Gasteiger partial charge on any atom is 0.355 e. The third kappa shape index (κ3) is 3.06. The predicted molar refractivity (Wildman–Crippen MR) is 47.6 cm³/mol. The summed E-state index contributed by atoms with van der Waals surface area (Å²) in [6, 6.07) is 0. The smallest absolute Gasteiger partial charge is 0.355 e. The molecule has 0 spiro atoms. The Labute approximate surface area is 77.9 Å². The van der Waals surface area contributed by atoms with Crippen molar-refractivity contribution in [3.05, 3.63) is 12.3 Å². The molecule has 0 aliphatic heterocycles. The normalized spacial score (nSPS) is 17.0. The van der Waals surface area contributed by atoms with Gasteiger partial charge in [-0.15, -0.1) is 0 Å². The van der Waals surface area contributed by atoms with E-state index in [2.05, 4.69) is 16.8 Å². The highest BCUT2D eigenvalue weighted by Crippen LogP contribution is 2.20. The minimum atomic E-state index is -0.488. The highest BCUT2D eigenvalue weighted by molar-refractivity contribution is 5.86. The molecular weight excluding hydrogens is 170 g/mol. The zero-order valence-corrected chi connectivity index (χ0v) is 7.84. The Balaban J connectivity index is 2.17. The number of methoxy groups -OCH3 is 1. The van der Waals surface area contributed by atoms with Gasteiger partial charge < -0.3 is 4.74 Å². The van der Waals surface area contributed by atoms with Crippen LogP contribution in [0.5, 0.6) is 0 Å². The van der Waals surface area contributed by atoms with Gasteiger partial charge in [0, 0.05) is 0 Å². The molecule has 0 saturated heterocycles. The molecule has 1 saturated carbocycles. The molecule has 0 aromatic rings. The zero-order chi connectivity index (χ0) is 9.68. The molecule has 74 valence electrons. The number of carbonyl (C=O) groups excluding carboxylic acids is 1. The summed E-state index contributed by atoms with van der Waals surface area (Å²) < 4.78 is 4.45. The summed E-state index contributed by atoms with van der Waals surface area (Å²) in [5.74, 6) is -0.488. The van der Waals surface area contributed by atoms with Crippen molar-refractivity contribution in [2.24, 2.45) is 0 Å². The summed E-state index contributed by atoms with van der Waals surface area (Å²) in [7, 11) is 1.31. The first-order valence-corrected chi connectivity index (χ1v) is 4.43. The van der Waals surface area contributed by atoms with Crippen LogP contribution < -0.4 is 5.48 Å². The first-order chi connectivity index (χ1) is 6.24. The first kappa shape index (κ1) is 10.1. The minimum absolute atomic E-state index is 0.148. The average molecular weight is 185 g/mol. The first-order valence-electron chi connectivity index (χ1n) is 4.43. The van der Waals surface area contributed by atoms with E-state index in [9.17, 15) is 4.79 Å². The number of rotatable bonds is 4. The monoisotopic (exact) mass is 185 g/mol. The van der Waals surface area contributed by atoms with Crippen molar-refractivity contribution in [2.75, 3.05) is 7.11 Å². The van der Waals surface area contributed by atoms with Gasteiger partial charge in [0.2, 0.25) is 0 Å². The second-order valence-corrected chi connectivity index (χ2v) is 3.10. The van der Waals surface area contributed by atoms with Gasteiger partial charge in [0.15, 0.2) is 0 Å². The Morgan fingerprint density at radius 1 is 1.46 bits per heavy atom. The zero-order valence-electron chi connectivity index (χ0n) is 7.84. The van der Waals surface area contributed by atoms with Gasteiger partial charge in [-0.05, 0) is 12.8 Å². The molecule has 13 heavy (non-hydrogen) atoms. The van der Waals surface area contributed by atoms with E-state index in [1.807, 2.05) is 0 Å².